The van der Waals surface area contributed by atoms with E-state index in [1.807, 2.05) is 13.8 Å². The molecular weight excluding hydrogens is 196 g/mol. The highest BCUT2D eigenvalue weighted by Crippen LogP contribution is 2.18. The molecule has 5 nitrogen and oxygen atoms in total. The molecule has 1 unspecified atom stereocenters. The summed E-state index contributed by atoms with van der Waals surface area (Å²) in [7, 11) is 3.08. The summed E-state index contributed by atoms with van der Waals surface area (Å²) in [4.78, 5) is 24.6. The van der Waals surface area contributed by atoms with Crippen molar-refractivity contribution in [3.63, 3.8) is 0 Å². The smallest absolute Gasteiger partial charge is 0.307 e. The van der Waals surface area contributed by atoms with Gasteiger partial charge in [0, 0.05) is 19.1 Å². The average Bonchev–Trinajstić information content (AvgIpc) is 2.19. The number of piperazine rings is 1. The van der Waals surface area contributed by atoms with E-state index in [2.05, 4.69) is 10.1 Å². The zero-order chi connectivity index (χ0) is 11.6. The molecule has 1 amide bonds. The maximum absolute atomic E-state index is 11.8. The summed E-state index contributed by atoms with van der Waals surface area (Å²) in [6, 6.07) is -0.449. The van der Waals surface area contributed by atoms with Crippen molar-refractivity contribution in [3.05, 3.63) is 0 Å². The Balaban J connectivity index is 2.65. The number of likely N-dealkylation sites (N-methyl/N-ethyl adjacent to an activating group) is 1. The summed E-state index contributed by atoms with van der Waals surface area (Å²) < 4.78 is 4.54. The fourth-order valence-corrected chi connectivity index (χ4v) is 1.52. The van der Waals surface area contributed by atoms with Gasteiger partial charge >= 0.3 is 5.97 Å². The van der Waals surface area contributed by atoms with E-state index < -0.39 is 6.04 Å². The van der Waals surface area contributed by atoms with Crippen LogP contribution in [0.5, 0.6) is 0 Å². The van der Waals surface area contributed by atoms with Crippen LogP contribution in [0.1, 0.15) is 20.3 Å². The first-order chi connectivity index (χ1) is 6.88. The zero-order valence-electron chi connectivity index (χ0n) is 9.66. The number of carbonyl (C=O) groups is 2. The van der Waals surface area contributed by atoms with Crippen molar-refractivity contribution in [2.45, 2.75) is 31.8 Å². The predicted molar refractivity (Wildman–Crippen MR) is 55.3 cm³/mol. The van der Waals surface area contributed by atoms with Crippen molar-refractivity contribution in [3.8, 4) is 0 Å². The summed E-state index contributed by atoms with van der Waals surface area (Å²) in [5.41, 5.74) is -0.205. The molecule has 0 radical (unpaired) electrons. The average molecular weight is 214 g/mol. The molecule has 1 aliphatic rings. The summed E-state index contributed by atoms with van der Waals surface area (Å²) in [5, 5.41) is 3.06. The van der Waals surface area contributed by atoms with Crippen LogP contribution >= 0.6 is 0 Å². The van der Waals surface area contributed by atoms with Gasteiger partial charge in [-0.2, -0.15) is 0 Å². The Kier molecular flexibility index (Phi) is 3.34. The molecule has 0 aromatic carbocycles. The number of rotatable bonds is 2. The van der Waals surface area contributed by atoms with Gasteiger partial charge in [0.05, 0.1) is 19.6 Å². The lowest BCUT2D eigenvalue weighted by Crippen LogP contribution is -2.64. The molecule has 0 bridgehead atoms. The molecular formula is C10H18N2O3. The van der Waals surface area contributed by atoms with E-state index in [-0.39, 0.29) is 23.8 Å². The second kappa shape index (κ2) is 4.18. The lowest BCUT2D eigenvalue weighted by Gasteiger charge is -2.43. The van der Waals surface area contributed by atoms with Gasteiger partial charge in [-0.25, -0.2) is 0 Å². The highest BCUT2D eigenvalue weighted by Gasteiger charge is 2.38. The van der Waals surface area contributed by atoms with Gasteiger partial charge in [-0.3, -0.25) is 9.59 Å². The van der Waals surface area contributed by atoms with E-state index >= 15 is 0 Å². The van der Waals surface area contributed by atoms with Crippen LogP contribution in [0.4, 0.5) is 0 Å². The Bertz CT molecular complexity index is 276. The van der Waals surface area contributed by atoms with Crippen LogP contribution in [0.3, 0.4) is 0 Å². The molecule has 1 atom stereocenters. The van der Waals surface area contributed by atoms with Crippen LogP contribution in [-0.4, -0.2) is 49.1 Å². The van der Waals surface area contributed by atoms with E-state index in [1.54, 1.807) is 11.9 Å². The molecule has 1 fully saturated rings. The third-order valence-electron chi connectivity index (χ3n) is 2.92. The molecule has 0 aromatic rings. The number of carbonyl (C=O) groups excluding carboxylic acids is 2. The molecule has 0 spiro atoms. The van der Waals surface area contributed by atoms with Crippen molar-refractivity contribution in [2.24, 2.45) is 0 Å². The molecule has 0 saturated carbocycles. The first-order valence-corrected chi connectivity index (χ1v) is 4.96. The second-order valence-electron chi connectivity index (χ2n) is 4.42. The van der Waals surface area contributed by atoms with Gasteiger partial charge in [0.1, 0.15) is 0 Å². The fourth-order valence-electron chi connectivity index (χ4n) is 1.52. The molecule has 86 valence electrons. The fraction of sp³-hybridized carbons (Fsp3) is 0.800. The number of nitrogens with one attached hydrogen (secondary N) is 1. The zero-order valence-corrected chi connectivity index (χ0v) is 9.66. The molecule has 1 aliphatic heterocycles. The molecule has 1 saturated heterocycles. The quantitative estimate of drug-likeness (QED) is 0.644. The largest absolute Gasteiger partial charge is 0.469 e. The Morgan fingerprint density at radius 2 is 2.27 bits per heavy atom. The number of methoxy groups -OCH3 is 1. The van der Waals surface area contributed by atoms with Gasteiger partial charge in [-0.15, -0.1) is 0 Å². The SMILES string of the molecule is COC(=O)CC1NCC(C)(C)N(C)C1=O. The van der Waals surface area contributed by atoms with Crippen LogP contribution in [0.2, 0.25) is 0 Å². The summed E-state index contributed by atoms with van der Waals surface area (Å²) in [6.45, 7) is 4.63. The van der Waals surface area contributed by atoms with E-state index in [1.165, 1.54) is 7.11 Å². The minimum atomic E-state index is -0.449. The normalized spacial score (nSPS) is 25.2. The van der Waals surface area contributed by atoms with Crippen LogP contribution < -0.4 is 5.32 Å². The monoisotopic (exact) mass is 214 g/mol. The predicted octanol–water partition coefficient (Wildman–Crippen LogP) is -0.242. The number of hydrogen-bond donors (Lipinski definition) is 1. The third kappa shape index (κ3) is 2.47. The summed E-state index contributed by atoms with van der Waals surface area (Å²) >= 11 is 0. The minimum absolute atomic E-state index is 0.0587. The Morgan fingerprint density at radius 3 is 2.80 bits per heavy atom. The molecule has 0 aliphatic carbocycles. The Hall–Kier alpha value is -1.10. The van der Waals surface area contributed by atoms with Crippen LogP contribution in [0.25, 0.3) is 0 Å². The maximum Gasteiger partial charge on any atom is 0.307 e. The van der Waals surface area contributed by atoms with Crippen LogP contribution in [0, 0.1) is 0 Å². The van der Waals surface area contributed by atoms with Gasteiger partial charge in [0.25, 0.3) is 0 Å². The molecule has 1 N–H and O–H groups in total. The number of nitrogens with zero attached hydrogens (tertiary/aromatic N) is 1. The van der Waals surface area contributed by atoms with Crippen molar-refractivity contribution >= 4 is 11.9 Å². The number of amides is 1. The molecule has 15 heavy (non-hydrogen) atoms. The Labute approximate surface area is 89.8 Å². The van der Waals surface area contributed by atoms with Gasteiger partial charge < -0.3 is 15.0 Å². The van der Waals surface area contributed by atoms with Crippen LogP contribution in [0.15, 0.2) is 0 Å². The van der Waals surface area contributed by atoms with Gasteiger partial charge in [0.15, 0.2) is 0 Å². The maximum atomic E-state index is 11.8. The number of ether oxygens (including phenoxy) is 1. The summed E-state index contributed by atoms with van der Waals surface area (Å²) in [6.07, 6.45) is 0.0930. The highest BCUT2D eigenvalue weighted by atomic mass is 16.5. The van der Waals surface area contributed by atoms with Crippen molar-refractivity contribution < 1.29 is 14.3 Å². The molecule has 1 rings (SSSR count). The van der Waals surface area contributed by atoms with Crippen molar-refractivity contribution in [2.75, 3.05) is 20.7 Å². The Morgan fingerprint density at radius 1 is 1.67 bits per heavy atom. The number of esters is 1. The van der Waals surface area contributed by atoms with E-state index in [4.69, 9.17) is 0 Å². The van der Waals surface area contributed by atoms with Gasteiger partial charge in [-0.05, 0) is 13.8 Å². The van der Waals surface area contributed by atoms with E-state index in [0.717, 1.165) is 0 Å². The molecule has 1 heterocycles. The lowest BCUT2D eigenvalue weighted by molar-refractivity contribution is -0.148. The number of hydrogen-bond acceptors (Lipinski definition) is 4. The highest BCUT2D eigenvalue weighted by molar-refractivity contribution is 5.87. The lowest BCUT2D eigenvalue weighted by atomic mass is 9.97. The van der Waals surface area contributed by atoms with Crippen LogP contribution in [-0.2, 0) is 14.3 Å². The molecule has 5 heteroatoms. The second-order valence-corrected chi connectivity index (χ2v) is 4.42. The first kappa shape index (κ1) is 12.0. The topological polar surface area (TPSA) is 58.6 Å². The van der Waals surface area contributed by atoms with Gasteiger partial charge in [0.2, 0.25) is 5.91 Å². The van der Waals surface area contributed by atoms with Crippen molar-refractivity contribution in [1.82, 2.24) is 10.2 Å². The van der Waals surface area contributed by atoms with Crippen molar-refractivity contribution in [1.29, 1.82) is 0 Å². The van der Waals surface area contributed by atoms with E-state index in [9.17, 15) is 9.59 Å². The first-order valence-electron chi connectivity index (χ1n) is 4.96. The standard InChI is InChI=1S/C10H18N2O3/c1-10(2)6-11-7(5-8(13)15-4)9(14)12(10)3/h7,11H,5-6H2,1-4H3. The summed E-state index contributed by atoms with van der Waals surface area (Å²) in [5.74, 6) is -0.425. The molecule has 0 aromatic heterocycles. The van der Waals surface area contributed by atoms with E-state index in [0.29, 0.717) is 6.54 Å². The third-order valence-corrected chi connectivity index (χ3v) is 2.92. The minimum Gasteiger partial charge on any atom is -0.469 e. The van der Waals surface area contributed by atoms with Gasteiger partial charge in [-0.1, -0.05) is 0 Å².